The topological polar surface area (TPSA) is 115 Å². The minimum absolute atomic E-state index is 0.0393. The summed E-state index contributed by atoms with van der Waals surface area (Å²) < 4.78 is 17.9. The third kappa shape index (κ3) is 6.28. The molecule has 230 valence electrons. The lowest BCUT2D eigenvalue weighted by Gasteiger charge is -2.24. The van der Waals surface area contributed by atoms with Crippen molar-refractivity contribution in [1.82, 2.24) is 10.2 Å². The molecule has 0 radical (unpaired) electrons. The number of Topliss-reactive ketones (excluding diaryl/α,β-unsaturated/α-hetero) is 1. The summed E-state index contributed by atoms with van der Waals surface area (Å²) in [7, 11) is 1.51. The maximum atomic E-state index is 14.1. The number of aromatic nitrogens is 2. The van der Waals surface area contributed by atoms with Gasteiger partial charge in [-0.15, -0.1) is 10.2 Å². The SMILES string of the molecule is CCCCOc1cccc(C2C(C(=O)c3cc4cccc(OC)c4o3)=C(O)C(=O)N2c2nnc(SCc3ccc(Cl)cc3)s2)c1. The number of rotatable bonds is 12. The first-order chi connectivity index (χ1) is 21.9. The second-order valence-electron chi connectivity index (χ2n) is 10.2. The number of aliphatic hydroxyl groups is 1. The molecule has 1 unspecified atom stereocenters. The fourth-order valence-corrected chi connectivity index (χ4v) is 6.93. The number of methoxy groups -OCH3 is 1. The van der Waals surface area contributed by atoms with Gasteiger partial charge in [-0.2, -0.15) is 0 Å². The van der Waals surface area contributed by atoms with Crippen LogP contribution in [-0.4, -0.2) is 40.7 Å². The highest BCUT2D eigenvalue weighted by Gasteiger charge is 2.47. The number of fused-ring (bicyclic) bond motifs is 1. The first-order valence-electron chi connectivity index (χ1n) is 14.2. The van der Waals surface area contributed by atoms with Crippen LogP contribution in [-0.2, 0) is 10.5 Å². The van der Waals surface area contributed by atoms with Crippen LogP contribution in [0, 0.1) is 0 Å². The maximum Gasteiger partial charge on any atom is 0.296 e. The standard InChI is InChI=1S/C33H28ClN3O6S2/c1-3-4-15-42-23-9-5-7-20(16-23)27-26(28(38)25-17-21-8-6-10-24(41-2)30(21)43-25)29(39)31(40)37(27)32-35-36-33(45-32)44-18-19-11-13-22(34)14-12-19/h5-14,16-17,27,39H,3-4,15,18H2,1-2H3. The van der Waals surface area contributed by atoms with Crippen LogP contribution < -0.4 is 14.4 Å². The normalized spacial score (nSPS) is 14.9. The summed E-state index contributed by atoms with van der Waals surface area (Å²) in [6, 6.07) is 20.5. The number of ether oxygens (including phenoxy) is 2. The zero-order chi connectivity index (χ0) is 31.5. The fourth-order valence-electron chi connectivity index (χ4n) is 4.98. The van der Waals surface area contributed by atoms with E-state index >= 15 is 0 Å². The van der Waals surface area contributed by atoms with E-state index in [1.807, 2.05) is 30.3 Å². The number of hydrogen-bond donors (Lipinski definition) is 1. The van der Waals surface area contributed by atoms with Gasteiger partial charge >= 0.3 is 0 Å². The number of aliphatic hydroxyl groups excluding tert-OH is 1. The number of halogens is 1. The van der Waals surface area contributed by atoms with Crippen LogP contribution >= 0.6 is 34.7 Å². The summed E-state index contributed by atoms with van der Waals surface area (Å²) in [6.45, 7) is 2.59. The molecule has 2 aromatic heterocycles. The van der Waals surface area contributed by atoms with Crippen LogP contribution in [0.2, 0.25) is 5.02 Å². The molecule has 45 heavy (non-hydrogen) atoms. The number of para-hydroxylation sites is 1. The Morgan fingerprint density at radius 3 is 2.69 bits per heavy atom. The molecule has 1 amide bonds. The molecule has 0 fully saturated rings. The van der Waals surface area contributed by atoms with Gasteiger partial charge in [0.1, 0.15) is 5.75 Å². The molecule has 9 nitrogen and oxygen atoms in total. The van der Waals surface area contributed by atoms with E-state index < -0.39 is 23.5 Å². The van der Waals surface area contributed by atoms with Crippen molar-refractivity contribution in [3.63, 3.8) is 0 Å². The van der Waals surface area contributed by atoms with E-state index in [4.69, 9.17) is 25.5 Å². The molecule has 1 aliphatic heterocycles. The molecule has 3 heterocycles. The van der Waals surface area contributed by atoms with E-state index in [0.29, 0.717) is 49.8 Å². The van der Waals surface area contributed by atoms with Gasteiger partial charge in [-0.25, -0.2) is 0 Å². The predicted molar refractivity (Wildman–Crippen MR) is 175 cm³/mol. The van der Waals surface area contributed by atoms with E-state index in [1.54, 1.807) is 42.5 Å². The molecule has 1 aliphatic rings. The van der Waals surface area contributed by atoms with Gasteiger partial charge in [-0.05, 0) is 53.9 Å². The Labute approximate surface area is 272 Å². The summed E-state index contributed by atoms with van der Waals surface area (Å²) in [5.41, 5.74) is 1.86. The number of ketones is 1. The van der Waals surface area contributed by atoms with Crippen molar-refractivity contribution in [3.8, 4) is 11.5 Å². The summed E-state index contributed by atoms with van der Waals surface area (Å²) in [6.07, 6.45) is 1.84. The lowest BCUT2D eigenvalue weighted by Crippen LogP contribution is -2.31. The maximum absolute atomic E-state index is 14.1. The van der Waals surface area contributed by atoms with Crippen LogP contribution in [0.4, 0.5) is 5.13 Å². The molecule has 12 heteroatoms. The second-order valence-corrected chi connectivity index (χ2v) is 12.8. The Hall–Kier alpha value is -4.32. The number of thioether (sulfide) groups is 1. The second kappa shape index (κ2) is 13.4. The summed E-state index contributed by atoms with van der Waals surface area (Å²) in [4.78, 5) is 29.1. The minimum Gasteiger partial charge on any atom is -0.503 e. The minimum atomic E-state index is -1.02. The molecule has 0 aliphatic carbocycles. The van der Waals surface area contributed by atoms with Gasteiger partial charge in [0.25, 0.3) is 5.91 Å². The van der Waals surface area contributed by atoms with Gasteiger partial charge in [-0.3, -0.25) is 14.5 Å². The monoisotopic (exact) mass is 661 g/mol. The molecule has 0 saturated carbocycles. The van der Waals surface area contributed by atoms with Gasteiger partial charge < -0.3 is 19.0 Å². The molecule has 1 atom stereocenters. The molecular weight excluding hydrogens is 634 g/mol. The smallest absolute Gasteiger partial charge is 0.296 e. The van der Waals surface area contributed by atoms with Crippen molar-refractivity contribution in [3.05, 3.63) is 106 Å². The van der Waals surface area contributed by atoms with E-state index in [2.05, 4.69) is 17.1 Å². The lowest BCUT2D eigenvalue weighted by atomic mass is 9.95. The third-order valence-electron chi connectivity index (χ3n) is 7.22. The number of carbonyl (C=O) groups is 2. The summed E-state index contributed by atoms with van der Waals surface area (Å²) in [5, 5.41) is 21.4. The first kappa shape index (κ1) is 30.7. The molecule has 0 spiro atoms. The number of nitrogens with zero attached hydrogens (tertiary/aromatic N) is 3. The van der Waals surface area contributed by atoms with Crippen LogP contribution in [0.15, 0.2) is 92.9 Å². The van der Waals surface area contributed by atoms with Crippen LogP contribution in [0.3, 0.4) is 0 Å². The van der Waals surface area contributed by atoms with Gasteiger partial charge in [0, 0.05) is 16.2 Å². The highest BCUT2D eigenvalue weighted by molar-refractivity contribution is 8.00. The van der Waals surface area contributed by atoms with Crippen molar-refractivity contribution in [1.29, 1.82) is 0 Å². The first-order valence-corrected chi connectivity index (χ1v) is 16.4. The molecule has 5 aromatic rings. The zero-order valence-electron chi connectivity index (χ0n) is 24.4. The van der Waals surface area contributed by atoms with E-state index in [1.165, 1.54) is 35.1 Å². The Bertz CT molecular complexity index is 1900. The van der Waals surface area contributed by atoms with Crippen molar-refractivity contribution in [2.24, 2.45) is 0 Å². The number of benzene rings is 3. The van der Waals surface area contributed by atoms with Crippen molar-refractivity contribution < 1.29 is 28.6 Å². The van der Waals surface area contributed by atoms with E-state index in [0.717, 1.165) is 18.4 Å². The van der Waals surface area contributed by atoms with Crippen LogP contribution in [0.25, 0.3) is 11.0 Å². The Morgan fingerprint density at radius 2 is 1.91 bits per heavy atom. The third-order valence-corrected chi connectivity index (χ3v) is 9.60. The quantitative estimate of drug-likeness (QED) is 0.0611. The number of hydrogen-bond acceptors (Lipinski definition) is 10. The van der Waals surface area contributed by atoms with Crippen molar-refractivity contribution >= 4 is 62.5 Å². The Balaban J connectivity index is 1.37. The van der Waals surface area contributed by atoms with Gasteiger partial charge in [0.15, 0.2) is 27.2 Å². The Morgan fingerprint density at radius 1 is 1.11 bits per heavy atom. The number of unbranched alkanes of at least 4 members (excludes halogenated alkanes) is 1. The Kier molecular flexibility index (Phi) is 9.11. The lowest BCUT2D eigenvalue weighted by molar-refractivity contribution is -0.117. The average Bonchev–Trinajstić information content (AvgIpc) is 3.77. The number of anilines is 1. The van der Waals surface area contributed by atoms with Crippen molar-refractivity contribution in [2.75, 3.05) is 18.6 Å². The highest BCUT2D eigenvalue weighted by Crippen LogP contribution is 2.45. The molecule has 3 aromatic carbocycles. The van der Waals surface area contributed by atoms with Crippen LogP contribution in [0.5, 0.6) is 11.5 Å². The highest BCUT2D eigenvalue weighted by atomic mass is 35.5. The summed E-state index contributed by atoms with van der Waals surface area (Å²) in [5.74, 6) is -0.465. The van der Waals surface area contributed by atoms with E-state index in [9.17, 15) is 14.7 Å². The summed E-state index contributed by atoms with van der Waals surface area (Å²) >= 11 is 8.66. The van der Waals surface area contributed by atoms with Gasteiger partial charge in [0.2, 0.25) is 10.9 Å². The molecule has 1 N–H and O–H groups in total. The van der Waals surface area contributed by atoms with Gasteiger partial charge in [0.05, 0.1) is 25.3 Å². The molecular formula is C33H28ClN3O6S2. The predicted octanol–water partition coefficient (Wildman–Crippen LogP) is 8.20. The van der Waals surface area contributed by atoms with Crippen LogP contribution in [0.1, 0.15) is 47.5 Å². The largest absolute Gasteiger partial charge is 0.503 e. The average molecular weight is 662 g/mol. The fraction of sp³-hybridized carbons (Fsp3) is 0.212. The molecule has 0 saturated heterocycles. The molecule has 6 rings (SSSR count). The molecule has 0 bridgehead atoms. The van der Waals surface area contributed by atoms with E-state index in [-0.39, 0.29) is 16.5 Å². The van der Waals surface area contributed by atoms with Crippen molar-refractivity contribution in [2.45, 2.75) is 35.9 Å². The number of amides is 1. The number of furan rings is 1. The zero-order valence-corrected chi connectivity index (χ0v) is 26.7. The number of carbonyl (C=O) groups excluding carboxylic acids is 2. The van der Waals surface area contributed by atoms with Gasteiger partial charge in [-0.1, -0.05) is 84.4 Å².